The predicted octanol–water partition coefficient (Wildman–Crippen LogP) is 2.20. The first-order valence-electron chi connectivity index (χ1n) is 9.96. The second-order valence-electron chi connectivity index (χ2n) is 9.05. The second-order valence-corrected chi connectivity index (χ2v) is 9.05. The Hall–Kier alpha value is -2.51. The van der Waals surface area contributed by atoms with Gasteiger partial charge in [-0.3, -0.25) is 9.13 Å². The van der Waals surface area contributed by atoms with Gasteiger partial charge in [0.25, 0.3) is 0 Å². The van der Waals surface area contributed by atoms with E-state index < -0.39 is 0 Å². The molecule has 0 aliphatic carbocycles. The van der Waals surface area contributed by atoms with Crippen LogP contribution in [0.5, 0.6) is 0 Å². The van der Waals surface area contributed by atoms with Crippen molar-refractivity contribution in [2.75, 3.05) is 24.6 Å². The minimum atomic E-state index is -0.222. The van der Waals surface area contributed by atoms with Crippen molar-refractivity contribution in [2.24, 2.45) is 12.5 Å². The molecule has 152 valence electrons. The van der Waals surface area contributed by atoms with E-state index >= 15 is 0 Å². The molecule has 8 heteroatoms. The normalized spacial score (nSPS) is 21.8. The Morgan fingerprint density at radius 2 is 2.00 bits per heavy atom. The van der Waals surface area contributed by atoms with E-state index in [1.54, 1.807) is 11.6 Å². The number of hydrogen-bond acceptors (Lipinski definition) is 5. The molecule has 0 radical (unpaired) electrons. The number of amides is 1. The molecular weight excluding hydrogens is 358 g/mol. The molecule has 2 unspecified atom stereocenters. The van der Waals surface area contributed by atoms with Gasteiger partial charge in [0.15, 0.2) is 5.65 Å². The number of anilines is 1. The molecule has 2 fully saturated rings. The molecule has 2 aromatic heterocycles. The molecule has 4 heterocycles. The van der Waals surface area contributed by atoms with Crippen LogP contribution in [0.2, 0.25) is 0 Å². The number of imidazole rings is 1. The number of ether oxygens (including phenoxy) is 1. The quantitative estimate of drug-likeness (QED) is 0.807. The molecular formula is C20H29N5O3. The summed E-state index contributed by atoms with van der Waals surface area (Å²) in [6.45, 7) is 10.6. The van der Waals surface area contributed by atoms with E-state index in [9.17, 15) is 9.59 Å². The topological polar surface area (TPSA) is 72.6 Å². The van der Waals surface area contributed by atoms with Crippen LogP contribution in [-0.4, -0.2) is 56.9 Å². The third kappa shape index (κ3) is 3.04. The molecule has 0 saturated carbocycles. The summed E-state index contributed by atoms with van der Waals surface area (Å²) in [5, 5.41) is 0. The molecule has 0 spiro atoms. The molecule has 8 nitrogen and oxygen atoms in total. The van der Waals surface area contributed by atoms with Crippen LogP contribution in [0, 0.1) is 5.41 Å². The molecule has 2 aliphatic rings. The molecule has 2 bridgehead atoms. The molecule has 4 rings (SSSR count). The highest BCUT2D eigenvalue weighted by atomic mass is 16.6. The van der Waals surface area contributed by atoms with Gasteiger partial charge in [-0.15, -0.1) is 0 Å². The van der Waals surface area contributed by atoms with Crippen molar-refractivity contribution in [1.82, 2.24) is 19.0 Å². The summed E-state index contributed by atoms with van der Waals surface area (Å²) < 4.78 is 8.60. The van der Waals surface area contributed by atoms with E-state index in [-0.39, 0.29) is 29.3 Å². The average Bonchev–Trinajstić information content (AvgIpc) is 3.30. The standard InChI is InChI=1S/C20H29N5O3/c1-6-28-19(27)24-11-13-9-14(24)10-23(13)16-8-7-15-17(21-16)22(5)18(26)25(15)12-20(2,3)4/h7-8,13-14H,6,9-12H2,1-5H3. The van der Waals surface area contributed by atoms with Crippen LogP contribution in [0.1, 0.15) is 34.1 Å². The first-order valence-corrected chi connectivity index (χ1v) is 9.96. The summed E-state index contributed by atoms with van der Waals surface area (Å²) >= 11 is 0. The van der Waals surface area contributed by atoms with Gasteiger partial charge >= 0.3 is 11.8 Å². The maximum Gasteiger partial charge on any atom is 0.410 e. The minimum absolute atomic E-state index is 0.00143. The predicted molar refractivity (Wildman–Crippen MR) is 108 cm³/mol. The van der Waals surface area contributed by atoms with Gasteiger partial charge in [0, 0.05) is 26.7 Å². The van der Waals surface area contributed by atoms with Crippen LogP contribution in [0.3, 0.4) is 0 Å². The van der Waals surface area contributed by atoms with Crippen LogP contribution in [0.25, 0.3) is 11.2 Å². The van der Waals surface area contributed by atoms with Crippen LogP contribution in [-0.2, 0) is 18.3 Å². The number of hydrogen-bond donors (Lipinski definition) is 0. The Morgan fingerprint density at radius 3 is 2.61 bits per heavy atom. The Kier molecular flexibility index (Phi) is 4.39. The second kappa shape index (κ2) is 6.53. The zero-order valence-corrected chi connectivity index (χ0v) is 17.3. The van der Waals surface area contributed by atoms with E-state index in [0.717, 1.165) is 24.3 Å². The van der Waals surface area contributed by atoms with Gasteiger partial charge < -0.3 is 14.5 Å². The summed E-state index contributed by atoms with van der Waals surface area (Å²) in [6.07, 6.45) is 0.711. The number of aromatic nitrogens is 3. The van der Waals surface area contributed by atoms with Gasteiger partial charge in [-0.25, -0.2) is 14.6 Å². The van der Waals surface area contributed by atoms with E-state index in [4.69, 9.17) is 9.72 Å². The van der Waals surface area contributed by atoms with Gasteiger partial charge in [-0.2, -0.15) is 0 Å². The molecule has 1 amide bonds. The maximum atomic E-state index is 12.7. The number of fused-ring (bicyclic) bond motifs is 3. The van der Waals surface area contributed by atoms with Gasteiger partial charge in [-0.1, -0.05) is 20.8 Å². The lowest BCUT2D eigenvalue weighted by atomic mass is 9.97. The van der Waals surface area contributed by atoms with Crippen molar-refractivity contribution in [3.63, 3.8) is 0 Å². The lowest BCUT2D eigenvalue weighted by molar-refractivity contribution is 0.100. The third-order valence-electron chi connectivity index (χ3n) is 5.64. The van der Waals surface area contributed by atoms with Crippen molar-refractivity contribution in [3.05, 3.63) is 22.6 Å². The molecule has 0 N–H and O–H groups in total. The molecule has 2 atom stereocenters. The fourth-order valence-corrected chi connectivity index (χ4v) is 4.43. The number of pyridine rings is 1. The number of carbonyl (C=O) groups excluding carboxylic acids is 1. The number of nitrogens with zero attached hydrogens (tertiary/aromatic N) is 5. The monoisotopic (exact) mass is 387 g/mol. The lowest BCUT2D eigenvalue weighted by Crippen LogP contribution is -2.49. The van der Waals surface area contributed by atoms with E-state index in [0.29, 0.717) is 25.3 Å². The summed E-state index contributed by atoms with van der Waals surface area (Å²) in [5.74, 6) is 0.868. The van der Waals surface area contributed by atoms with Crippen molar-refractivity contribution in [3.8, 4) is 0 Å². The third-order valence-corrected chi connectivity index (χ3v) is 5.64. The van der Waals surface area contributed by atoms with Gasteiger partial charge in [0.2, 0.25) is 0 Å². The van der Waals surface area contributed by atoms with Crippen LogP contribution in [0.4, 0.5) is 10.6 Å². The molecule has 2 aliphatic heterocycles. The minimum Gasteiger partial charge on any atom is -0.450 e. The van der Waals surface area contributed by atoms with Crippen molar-refractivity contribution >= 4 is 23.1 Å². The Labute approximate surface area is 164 Å². The Bertz CT molecular complexity index is 971. The van der Waals surface area contributed by atoms with E-state index in [2.05, 4.69) is 25.7 Å². The SMILES string of the molecule is CCOC(=O)N1CC2CC1CN2c1ccc2c(n1)n(C)c(=O)n2CC(C)(C)C. The van der Waals surface area contributed by atoms with Gasteiger partial charge in [0.05, 0.1) is 24.2 Å². The number of rotatable bonds is 3. The highest BCUT2D eigenvalue weighted by molar-refractivity contribution is 5.75. The zero-order chi connectivity index (χ0) is 20.2. The number of piperazine rings is 1. The fraction of sp³-hybridized carbons (Fsp3) is 0.650. The number of likely N-dealkylation sites (tertiary alicyclic amines) is 1. The van der Waals surface area contributed by atoms with E-state index in [1.165, 1.54) is 0 Å². The van der Waals surface area contributed by atoms with Gasteiger partial charge in [-0.05, 0) is 30.9 Å². The zero-order valence-electron chi connectivity index (χ0n) is 17.3. The maximum absolute atomic E-state index is 12.7. The summed E-state index contributed by atoms with van der Waals surface area (Å²) in [7, 11) is 1.78. The Balaban J connectivity index is 1.61. The first kappa shape index (κ1) is 18.8. The largest absolute Gasteiger partial charge is 0.450 e. The summed E-state index contributed by atoms with van der Waals surface area (Å²) in [6, 6.07) is 4.40. The molecule has 2 saturated heterocycles. The van der Waals surface area contributed by atoms with Crippen molar-refractivity contribution in [1.29, 1.82) is 0 Å². The smallest absolute Gasteiger partial charge is 0.410 e. The highest BCUT2D eigenvalue weighted by Gasteiger charge is 2.46. The van der Waals surface area contributed by atoms with Crippen molar-refractivity contribution in [2.45, 2.75) is 52.7 Å². The van der Waals surface area contributed by atoms with Crippen molar-refractivity contribution < 1.29 is 9.53 Å². The van der Waals surface area contributed by atoms with E-state index in [1.807, 2.05) is 28.5 Å². The number of aryl methyl sites for hydroxylation is 1. The molecule has 2 aromatic rings. The fourth-order valence-electron chi connectivity index (χ4n) is 4.43. The summed E-state index contributed by atoms with van der Waals surface area (Å²) in [5.41, 5.74) is 1.54. The molecule has 0 aromatic carbocycles. The summed E-state index contributed by atoms with van der Waals surface area (Å²) in [4.78, 5) is 33.7. The van der Waals surface area contributed by atoms with Crippen LogP contribution < -0.4 is 10.6 Å². The molecule has 28 heavy (non-hydrogen) atoms. The number of carbonyl (C=O) groups is 1. The van der Waals surface area contributed by atoms with Gasteiger partial charge in [0.1, 0.15) is 5.82 Å². The highest BCUT2D eigenvalue weighted by Crippen LogP contribution is 2.34. The first-order chi connectivity index (χ1) is 13.2. The Morgan fingerprint density at radius 1 is 1.25 bits per heavy atom. The van der Waals surface area contributed by atoms with Crippen LogP contribution in [0.15, 0.2) is 16.9 Å². The average molecular weight is 387 g/mol. The van der Waals surface area contributed by atoms with Crippen LogP contribution >= 0.6 is 0 Å². The lowest BCUT2D eigenvalue weighted by Gasteiger charge is -2.34.